The minimum atomic E-state index is 0.788. The fourth-order valence-corrected chi connectivity index (χ4v) is 2.68. The Bertz CT molecular complexity index is 456. The highest BCUT2D eigenvalue weighted by Gasteiger charge is 2.01. The molecule has 0 radical (unpaired) electrons. The first kappa shape index (κ1) is 12.1. The Balaban J connectivity index is 1.92. The van der Waals surface area contributed by atoms with Gasteiger partial charge in [-0.25, -0.2) is 0 Å². The molecule has 0 spiro atoms. The molecule has 0 aliphatic heterocycles. The van der Waals surface area contributed by atoms with Gasteiger partial charge in [-0.1, -0.05) is 33.6 Å². The molecule has 0 aliphatic carbocycles. The predicted octanol–water partition coefficient (Wildman–Crippen LogP) is 4.45. The van der Waals surface area contributed by atoms with E-state index >= 15 is 0 Å². The van der Waals surface area contributed by atoms with Gasteiger partial charge in [0, 0.05) is 27.5 Å². The van der Waals surface area contributed by atoms with Gasteiger partial charge in [-0.2, -0.15) is 0 Å². The molecular weight excluding hydrogens is 306 g/mol. The Labute approximate surface area is 113 Å². The first-order valence-corrected chi connectivity index (χ1v) is 6.98. The third-order valence-corrected chi connectivity index (χ3v) is 3.94. The topological polar surface area (TPSA) is 12.0 Å². The molecule has 0 fully saturated rings. The second-order valence-corrected chi connectivity index (χ2v) is 5.77. The van der Waals surface area contributed by atoms with Crippen LogP contribution in [-0.2, 0) is 13.1 Å². The fourth-order valence-electron chi connectivity index (χ4n) is 1.41. The van der Waals surface area contributed by atoms with Gasteiger partial charge in [-0.3, -0.25) is 0 Å². The van der Waals surface area contributed by atoms with Crippen LogP contribution < -0.4 is 5.32 Å². The van der Waals surface area contributed by atoms with Crippen LogP contribution in [0.15, 0.2) is 40.2 Å². The molecular formula is C12H11BrClNS. The molecule has 2 aromatic rings. The molecule has 1 aromatic heterocycles. The maximum Gasteiger partial charge on any atom is 0.0451 e. The molecule has 1 nitrogen and oxygen atoms in total. The summed E-state index contributed by atoms with van der Waals surface area (Å²) in [7, 11) is 0. The SMILES string of the molecule is Clc1ccc(Br)cc1CNCc1cccs1. The zero-order chi connectivity index (χ0) is 11.4. The monoisotopic (exact) mass is 315 g/mol. The molecule has 4 heteroatoms. The van der Waals surface area contributed by atoms with Crippen molar-refractivity contribution in [1.82, 2.24) is 5.32 Å². The molecule has 1 aromatic carbocycles. The third-order valence-electron chi connectivity index (χ3n) is 2.20. The molecule has 0 saturated carbocycles. The van der Waals surface area contributed by atoms with Gasteiger partial charge in [-0.15, -0.1) is 11.3 Å². The lowest BCUT2D eigenvalue weighted by molar-refractivity contribution is 0.701. The Morgan fingerprint density at radius 1 is 1.25 bits per heavy atom. The van der Waals surface area contributed by atoms with Crippen LogP contribution in [-0.4, -0.2) is 0 Å². The van der Waals surface area contributed by atoms with Crippen LogP contribution in [0.2, 0.25) is 5.02 Å². The highest BCUT2D eigenvalue weighted by atomic mass is 79.9. The number of halogens is 2. The normalized spacial score (nSPS) is 10.6. The molecule has 0 bridgehead atoms. The van der Waals surface area contributed by atoms with E-state index in [1.54, 1.807) is 11.3 Å². The molecule has 0 saturated heterocycles. The summed E-state index contributed by atoms with van der Waals surface area (Å²) >= 11 is 11.3. The van der Waals surface area contributed by atoms with E-state index in [0.29, 0.717) is 0 Å². The van der Waals surface area contributed by atoms with Crippen LogP contribution >= 0.6 is 38.9 Å². The number of rotatable bonds is 4. The van der Waals surface area contributed by atoms with E-state index < -0.39 is 0 Å². The van der Waals surface area contributed by atoms with E-state index in [9.17, 15) is 0 Å². The van der Waals surface area contributed by atoms with Gasteiger partial charge in [-0.05, 0) is 35.2 Å². The van der Waals surface area contributed by atoms with Crippen molar-refractivity contribution in [3.05, 3.63) is 55.6 Å². The Morgan fingerprint density at radius 2 is 2.12 bits per heavy atom. The minimum absolute atomic E-state index is 0.788. The molecule has 2 rings (SSSR count). The van der Waals surface area contributed by atoms with Gasteiger partial charge < -0.3 is 5.32 Å². The van der Waals surface area contributed by atoms with Crippen molar-refractivity contribution in [2.75, 3.05) is 0 Å². The highest BCUT2D eigenvalue weighted by molar-refractivity contribution is 9.10. The van der Waals surface area contributed by atoms with E-state index in [4.69, 9.17) is 11.6 Å². The molecule has 16 heavy (non-hydrogen) atoms. The zero-order valence-corrected chi connectivity index (χ0v) is 11.7. The Hall–Kier alpha value is -0.350. The lowest BCUT2D eigenvalue weighted by Crippen LogP contribution is -2.12. The summed E-state index contributed by atoms with van der Waals surface area (Å²) in [6.07, 6.45) is 0. The lowest BCUT2D eigenvalue weighted by Gasteiger charge is -2.06. The summed E-state index contributed by atoms with van der Waals surface area (Å²) in [6, 6.07) is 10.1. The minimum Gasteiger partial charge on any atom is -0.308 e. The van der Waals surface area contributed by atoms with Crippen LogP contribution in [0.4, 0.5) is 0 Å². The fraction of sp³-hybridized carbons (Fsp3) is 0.167. The summed E-state index contributed by atoms with van der Waals surface area (Å²) in [5, 5.41) is 6.27. The Kier molecular flexibility index (Phi) is 4.41. The lowest BCUT2D eigenvalue weighted by atomic mass is 10.2. The molecule has 0 aliphatic rings. The number of thiophene rings is 1. The summed E-state index contributed by atoms with van der Waals surface area (Å²) in [4.78, 5) is 1.34. The van der Waals surface area contributed by atoms with E-state index in [-0.39, 0.29) is 0 Å². The quantitative estimate of drug-likeness (QED) is 0.878. The van der Waals surface area contributed by atoms with E-state index in [1.807, 2.05) is 18.2 Å². The van der Waals surface area contributed by atoms with E-state index in [0.717, 1.165) is 28.1 Å². The standard InChI is InChI=1S/C12H11BrClNS/c13-10-3-4-12(14)9(6-10)7-15-8-11-2-1-5-16-11/h1-6,15H,7-8H2. The highest BCUT2D eigenvalue weighted by Crippen LogP contribution is 2.21. The molecule has 0 atom stereocenters. The van der Waals surface area contributed by atoms with Crippen LogP contribution in [0.3, 0.4) is 0 Å². The van der Waals surface area contributed by atoms with Crippen LogP contribution in [0.1, 0.15) is 10.4 Å². The van der Waals surface area contributed by atoms with Crippen molar-refractivity contribution < 1.29 is 0 Å². The first-order valence-electron chi connectivity index (χ1n) is 4.93. The average molecular weight is 317 g/mol. The predicted molar refractivity (Wildman–Crippen MR) is 74.0 cm³/mol. The largest absolute Gasteiger partial charge is 0.308 e. The van der Waals surface area contributed by atoms with Gasteiger partial charge >= 0.3 is 0 Å². The smallest absolute Gasteiger partial charge is 0.0451 e. The molecule has 84 valence electrons. The van der Waals surface area contributed by atoms with Gasteiger partial charge in [0.15, 0.2) is 0 Å². The van der Waals surface area contributed by atoms with Crippen molar-refractivity contribution in [3.63, 3.8) is 0 Å². The van der Waals surface area contributed by atoms with Crippen molar-refractivity contribution in [2.24, 2.45) is 0 Å². The van der Waals surface area contributed by atoms with E-state index in [2.05, 4.69) is 38.8 Å². The average Bonchev–Trinajstić information content (AvgIpc) is 2.76. The summed E-state index contributed by atoms with van der Waals surface area (Å²) in [5.74, 6) is 0. The van der Waals surface area contributed by atoms with Gasteiger partial charge in [0.25, 0.3) is 0 Å². The molecule has 0 amide bonds. The summed E-state index contributed by atoms with van der Waals surface area (Å²) < 4.78 is 1.06. The van der Waals surface area contributed by atoms with Gasteiger partial charge in [0.05, 0.1) is 0 Å². The van der Waals surface area contributed by atoms with Gasteiger partial charge in [0.2, 0.25) is 0 Å². The second kappa shape index (κ2) is 5.82. The first-order chi connectivity index (χ1) is 7.75. The molecule has 1 heterocycles. The summed E-state index contributed by atoms with van der Waals surface area (Å²) in [5.41, 5.74) is 1.12. The summed E-state index contributed by atoms with van der Waals surface area (Å²) in [6.45, 7) is 1.68. The maximum atomic E-state index is 6.10. The maximum absolute atomic E-state index is 6.10. The van der Waals surface area contributed by atoms with Crippen molar-refractivity contribution >= 4 is 38.9 Å². The Morgan fingerprint density at radius 3 is 2.88 bits per heavy atom. The van der Waals surface area contributed by atoms with E-state index in [1.165, 1.54) is 4.88 Å². The number of benzene rings is 1. The van der Waals surface area contributed by atoms with Crippen molar-refractivity contribution in [2.45, 2.75) is 13.1 Å². The van der Waals surface area contributed by atoms with Crippen LogP contribution in [0.25, 0.3) is 0 Å². The van der Waals surface area contributed by atoms with Crippen molar-refractivity contribution in [3.8, 4) is 0 Å². The second-order valence-electron chi connectivity index (χ2n) is 3.42. The van der Waals surface area contributed by atoms with Gasteiger partial charge in [0.1, 0.15) is 0 Å². The molecule has 0 unspecified atom stereocenters. The van der Waals surface area contributed by atoms with Crippen LogP contribution in [0.5, 0.6) is 0 Å². The van der Waals surface area contributed by atoms with Crippen molar-refractivity contribution in [1.29, 1.82) is 0 Å². The third kappa shape index (κ3) is 3.32. The molecule has 1 N–H and O–H groups in total. The number of hydrogen-bond acceptors (Lipinski definition) is 2. The number of nitrogens with one attached hydrogen (secondary N) is 1. The number of hydrogen-bond donors (Lipinski definition) is 1. The van der Waals surface area contributed by atoms with Crippen LogP contribution in [0, 0.1) is 0 Å². The zero-order valence-electron chi connectivity index (χ0n) is 8.54.